The molecule has 0 radical (unpaired) electrons. The lowest BCUT2D eigenvalue weighted by molar-refractivity contribution is -0.117. The van der Waals surface area contributed by atoms with Crippen LogP contribution >= 0.6 is 0 Å². The Morgan fingerprint density at radius 2 is 2.29 bits per heavy atom. The molecule has 4 nitrogen and oxygen atoms in total. The lowest BCUT2D eigenvalue weighted by atomic mass is 9.89. The number of amides is 1. The first-order valence-electron chi connectivity index (χ1n) is 7.51. The van der Waals surface area contributed by atoms with E-state index in [1.54, 1.807) is 0 Å². The second-order valence-corrected chi connectivity index (χ2v) is 5.79. The maximum absolute atomic E-state index is 12.9. The summed E-state index contributed by atoms with van der Waals surface area (Å²) >= 11 is 0. The molecule has 21 heavy (non-hydrogen) atoms. The quantitative estimate of drug-likeness (QED) is 0.819. The minimum absolute atomic E-state index is 0.169. The van der Waals surface area contributed by atoms with Gasteiger partial charge < -0.3 is 15.8 Å². The zero-order valence-corrected chi connectivity index (χ0v) is 12.4. The summed E-state index contributed by atoms with van der Waals surface area (Å²) in [4.78, 5) is 11.8. The third-order valence-corrected chi connectivity index (χ3v) is 3.86. The summed E-state index contributed by atoms with van der Waals surface area (Å²) in [6, 6.07) is 3.92. The topological polar surface area (TPSA) is 64.3 Å². The van der Waals surface area contributed by atoms with E-state index < -0.39 is 5.82 Å². The van der Waals surface area contributed by atoms with Crippen LogP contribution in [0.5, 0.6) is 0 Å². The second kappa shape index (κ2) is 7.41. The zero-order chi connectivity index (χ0) is 15.2. The number of nitrogen functional groups attached to an aromatic ring is 1. The number of halogens is 1. The normalized spacial score (nSPS) is 22.0. The van der Waals surface area contributed by atoms with Crippen molar-refractivity contribution in [2.24, 2.45) is 5.92 Å². The summed E-state index contributed by atoms with van der Waals surface area (Å²) in [6.45, 7) is 2.64. The van der Waals surface area contributed by atoms with Crippen LogP contribution in [0.1, 0.15) is 39.0 Å². The average molecular weight is 294 g/mol. The highest BCUT2D eigenvalue weighted by Crippen LogP contribution is 2.25. The van der Waals surface area contributed by atoms with E-state index in [0.29, 0.717) is 18.2 Å². The van der Waals surface area contributed by atoms with Gasteiger partial charge in [0, 0.05) is 0 Å². The van der Waals surface area contributed by atoms with E-state index in [4.69, 9.17) is 10.5 Å². The van der Waals surface area contributed by atoms with E-state index in [1.807, 2.05) is 0 Å². The van der Waals surface area contributed by atoms with Gasteiger partial charge in [-0.15, -0.1) is 0 Å². The average Bonchev–Trinajstić information content (AvgIpc) is 2.42. The van der Waals surface area contributed by atoms with Crippen molar-refractivity contribution in [2.45, 2.75) is 45.1 Å². The molecule has 0 aromatic heterocycles. The molecule has 1 amide bonds. The van der Waals surface area contributed by atoms with Gasteiger partial charge in [-0.25, -0.2) is 4.39 Å². The van der Waals surface area contributed by atoms with Crippen molar-refractivity contribution >= 4 is 17.3 Å². The molecule has 1 fully saturated rings. The van der Waals surface area contributed by atoms with E-state index >= 15 is 0 Å². The van der Waals surface area contributed by atoms with Crippen molar-refractivity contribution < 1.29 is 13.9 Å². The number of ether oxygens (including phenoxy) is 1. The number of hydrogen-bond donors (Lipinski definition) is 2. The molecular formula is C16H23FN2O2. The summed E-state index contributed by atoms with van der Waals surface area (Å²) in [7, 11) is 0. The number of nitrogens with one attached hydrogen (secondary N) is 1. The van der Waals surface area contributed by atoms with Crippen molar-refractivity contribution in [1.82, 2.24) is 0 Å². The van der Waals surface area contributed by atoms with Gasteiger partial charge in [-0.2, -0.15) is 0 Å². The Morgan fingerprint density at radius 3 is 3.00 bits per heavy atom. The third-order valence-electron chi connectivity index (χ3n) is 3.86. The molecule has 2 rings (SSSR count). The van der Waals surface area contributed by atoms with E-state index in [1.165, 1.54) is 31.0 Å². The predicted molar refractivity (Wildman–Crippen MR) is 81.4 cm³/mol. The highest BCUT2D eigenvalue weighted by molar-refractivity contribution is 5.93. The van der Waals surface area contributed by atoms with Crippen LogP contribution in [0.2, 0.25) is 0 Å². The van der Waals surface area contributed by atoms with E-state index in [0.717, 1.165) is 12.8 Å². The third kappa shape index (κ3) is 5.01. The van der Waals surface area contributed by atoms with Crippen LogP contribution in [0, 0.1) is 11.7 Å². The molecule has 1 aliphatic rings. The lowest BCUT2D eigenvalue weighted by Crippen LogP contribution is -2.23. The largest absolute Gasteiger partial charge is 0.397 e. The van der Waals surface area contributed by atoms with Gasteiger partial charge in [0.25, 0.3) is 0 Å². The van der Waals surface area contributed by atoms with Gasteiger partial charge in [0.2, 0.25) is 5.91 Å². The van der Waals surface area contributed by atoms with Gasteiger partial charge in [-0.1, -0.05) is 19.8 Å². The van der Waals surface area contributed by atoms with Gasteiger partial charge in [0.1, 0.15) is 5.82 Å². The number of anilines is 2. The molecule has 1 saturated carbocycles. The highest BCUT2D eigenvalue weighted by atomic mass is 19.1. The summed E-state index contributed by atoms with van der Waals surface area (Å²) in [5.74, 6) is 0.119. The molecule has 116 valence electrons. The van der Waals surface area contributed by atoms with Crippen molar-refractivity contribution in [3.05, 3.63) is 24.0 Å². The summed E-state index contributed by atoms with van der Waals surface area (Å²) < 4.78 is 18.7. The Labute approximate surface area is 124 Å². The van der Waals surface area contributed by atoms with Crippen molar-refractivity contribution in [2.75, 3.05) is 17.7 Å². The molecule has 0 bridgehead atoms. The Bertz CT molecular complexity index is 493. The van der Waals surface area contributed by atoms with Gasteiger partial charge in [0.15, 0.2) is 0 Å². The Morgan fingerprint density at radius 1 is 1.48 bits per heavy atom. The van der Waals surface area contributed by atoms with Gasteiger partial charge in [0.05, 0.1) is 30.5 Å². The Balaban J connectivity index is 1.72. The van der Waals surface area contributed by atoms with Crippen LogP contribution in [0.4, 0.5) is 15.8 Å². The molecule has 1 aromatic rings. The smallest absolute Gasteiger partial charge is 0.226 e. The minimum atomic E-state index is -0.416. The Kier molecular flexibility index (Phi) is 5.56. The van der Waals surface area contributed by atoms with E-state index in [2.05, 4.69) is 12.2 Å². The Hall–Kier alpha value is -1.62. The first-order valence-corrected chi connectivity index (χ1v) is 7.51. The molecule has 2 unspecified atom stereocenters. The summed E-state index contributed by atoms with van der Waals surface area (Å²) in [6.07, 6.45) is 5.18. The number of benzene rings is 1. The monoisotopic (exact) mass is 294 g/mol. The van der Waals surface area contributed by atoms with Crippen LogP contribution in [0.3, 0.4) is 0 Å². The number of rotatable bonds is 5. The molecule has 1 aliphatic carbocycles. The number of carbonyl (C=O) groups is 1. The first kappa shape index (κ1) is 15.8. The molecule has 1 aromatic carbocycles. The lowest BCUT2D eigenvalue weighted by Gasteiger charge is -2.26. The van der Waals surface area contributed by atoms with Gasteiger partial charge >= 0.3 is 0 Å². The number of nitrogens with two attached hydrogens (primary N) is 1. The molecule has 0 spiro atoms. The van der Waals surface area contributed by atoms with Crippen molar-refractivity contribution in [3.63, 3.8) is 0 Å². The molecule has 3 N–H and O–H groups in total. The van der Waals surface area contributed by atoms with Gasteiger partial charge in [-0.3, -0.25) is 4.79 Å². The van der Waals surface area contributed by atoms with Crippen LogP contribution in [-0.2, 0) is 9.53 Å². The summed E-state index contributed by atoms with van der Waals surface area (Å²) in [5, 5.41) is 2.67. The van der Waals surface area contributed by atoms with Crippen LogP contribution in [0.25, 0.3) is 0 Å². The maximum Gasteiger partial charge on any atom is 0.226 e. The number of carbonyl (C=O) groups excluding carboxylic acids is 1. The zero-order valence-electron chi connectivity index (χ0n) is 12.4. The van der Waals surface area contributed by atoms with Gasteiger partial charge in [-0.05, 0) is 37.0 Å². The molecule has 0 heterocycles. The fraction of sp³-hybridized carbons (Fsp3) is 0.562. The maximum atomic E-state index is 12.9. The molecule has 2 atom stereocenters. The van der Waals surface area contributed by atoms with Crippen LogP contribution < -0.4 is 11.1 Å². The SMILES string of the molecule is CC1CCCC(OCCC(=O)Nc2ccc(F)cc2N)C1. The highest BCUT2D eigenvalue weighted by Gasteiger charge is 2.19. The minimum Gasteiger partial charge on any atom is -0.397 e. The van der Waals surface area contributed by atoms with E-state index in [-0.39, 0.29) is 24.1 Å². The standard InChI is InChI=1S/C16H23FN2O2/c1-11-3-2-4-13(9-11)21-8-7-16(20)19-15-6-5-12(17)10-14(15)18/h5-6,10-11,13H,2-4,7-9,18H2,1H3,(H,19,20). The fourth-order valence-electron chi connectivity index (χ4n) is 2.71. The van der Waals surface area contributed by atoms with Crippen LogP contribution in [-0.4, -0.2) is 18.6 Å². The molecular weight excluding hydrogens is 271 g/mol. The summed E-state index contributed by atoms with van der Waals surface area (Å²) in [5.41, 5.74) is 6.31. The first-order chi connectivity index (χ1) is 10.0. The van der Waals surface area contributed by atoms with Crippen molar-refractivity contribution in [1.29, 1.82) is 0 Å². The second-order valence-electron chi connectivity index (χ2n) is 5.79. The van der Waals surface area contributed by atoms with E-state index in [9.17, 15) is 9.18 Å². The molecule has 5 heteroatoms. The van der Waals surface area contributed by atoms with Crippen molar-refractivity contribution in [3.8, 4) is 0 Å². The molecule has 0 aliphatic heterocycles. The van der Waals surface area contributed by atoms with Crippen LogP contribution in [0.15, 0.2) is 18.2 Å². The molecule has 0 saturated heterocycles. The number of hydrogen-bond acceptors (Lipinski definition) is 3. The fourth-order valence-corrected chi connectivity index (χ4v) is 2.71. The predicted octanol–water partition coefficient (Wildman–Crippen LogP) is 3.33.